The summed E-state index contributed by atoms with van der Waals surface area (Å²) in [4.78, 5) is 14.3. The summed E-state index contributed by atoms with van der Waals surface area (Å²) >= 11 is 0. The summed E-state index contributed by atoms with van der Waals surface area (Å²) in [5, 5.41) is 0. The Balaban J connectivity index is 1.84. The standard InChI is InChI=1S/C18H19NO/c1-2-16-17(15-11-7-4-8-12-15)19(18(16)20)13-14-9-5-3-6-10-14/h3-12,16-17H,2,13H2,1H3. The Labute approximate surface area is 120 Å². The summed E-state index contributed by atoms with van der Waals surface area (Å²) in [5.41, 5.74) is 2.44. The molecule has 2 unspecified atom stereocenters. The summed E-state index contributed by atoms with van der Waals surface area (Å²) in [7, 11) is 0. The highest BCUT2D eigenvalue weighted by molar-refractivity contribution is 5.86. The third-order valence-corrected chi connectivity index (χ3v) is 4.09. The monoisotopic (exact) mass is 265 g/mol. The van der Waals surface area contributed by atoms with E-state index in [1.54, 1.807) is 0 Å². The number of nitrogens with zero attached hydrogens (tertiary/aromatic N) is 1. The van der Waals surface area contributed by atoms with Crippen molar-refractivity contribution in [2.75, 3.05) is 0 Å². The van der Waals surface area contributed by atoms with Gasteiger partial charge in [-0.3, -0.25) is 4.79 Å². The van der Waals surface area contributed by atoms with E-state index in [-0.39, 0.29) is 17.9 Å². The Bertz CT molecular complexity index is 579. The van der Waals surface area contributed by atoms with Crippen molar-refractivity contribution in [1.29, 1.82) is 0 Å². The molecular formula is C18H19NO. The number of amides is 1. The maximum Gasteiger partial charge on any atom is 0.228 e. The van der Waals surface area contributed by atoms with Gasteiger partial charge in [0, 0.05) is 6.54 Å². The molecule has 20 heavy (non-hydrogen) atoms. The molecule has 0 bridgehead atoms. The SMILES string of the molecule is CCC1C(=O)N(Cc2ccccc2)C1c1ccccc1. The van der Waals surface area contributed by atoms with Crippen LogP contribution in [0.4, 0.5) is 0 Å². The van der Waals surface area contributed by atoms with Gasteiger partial charge in [-0.15, -0.1) is 0 Å². The summed E-state index contributed by atoms with van der Waals surface area (Å²) < 4.78 is 0. The third-order valence-electron chi connectivity index (χ3n) is 4.09. The highest BCUT2D eigenvalue weighted by Crippen LogP contribution is 2.42. The molecule has 2 nitrogen and oxygen atoms in total. The van der Waals surface area contributed by atoms with Crippen LogP contribution in [0.25, 0.3) is 0 Å². The van der Waals surface area contributed by atoms with Gasteiger partial charge in [0.2, 0.25) is 5.91 Å². The van der Waals surface area contributed by atoms with Gasteiger partial charge in [0.1, 0.15) is 0 Å². The molecule has 1 amide bonds. The number of rotatable bonds is 4. The fraction of sp³-hybridized carbons (Fsp3) is 0.278. The van der Waals surface area contributed by atoms with Gasteiger partial charge in [-0.05, 0) is 17.5 Å². The van der Waals surface area contributed by atoms with Crippen LogP contribution in [0.15, 0.2) is 60.7 Å². The first-order valence-corrected chi connectivity index (χ1v) is 7.20. The second kappa shape index (κ2) is 5.49. The highest BCUT2D eigenvalue weighted by Gasteiger charge is 2.46. The highest BCUT2D eigenvalue weighted by atomic mass is 16.2. The van der Waals surface area contributed by atoms with Gasteiger partial charge >= 0.3 is 0 Å². The minimum atomic E-state index is 0.140. The van der Waals surface area contributed by atoms with Crippen LogP contribution in [-0.2, 0) is 11.3 Å². The predicted octanol–water partition coefficient (Wildman–Crippen LogP) is 3.80. The smallest absolute Gasteiger partial charge is 0.228 e. The molecule has 0 aliphatic carbocycles. The largest absolute Gasteiger partial charge is 0.330 e. The van der Waals surface area contributed by atoms with Crippen molar-refractivity contribution in [3.63, 3.8) is 0 Å². The van der Waals surface area contributed by atoms with Gasteiger partial charge in [-0.25, -0.2) is 0 Å². The van der Waals surface area contributed by atoms with Crippen molar-refractivity contribution in [2.45, 2.75) is 25.9 Å². The second-order valence-electron chi connectivity index (χ2n) is 5.32. The molecular weight excluding hydrogens is 246 g/mol. The molecule has 0 aromatic heterocycles. The van der Waals surface area contributed by atoms with Crippen LogP contribution in [0.1, 0.15) is 30.5 Å². The maximum absolute atomic E-state index is 12.3. The number of hydrogen-bond acceptors (Lipinski definition) is 1. The van der Waals surface area contributed by atoms with Crippen LogP contribution in [0.5, 0.6) is 0 Å². The number of carbonyl (C=O) groups excluding carboxylic acids is 1. The van der Waals surface area contributed by atoms with Crippen LogP contribution in [-0.4, -0.2) is 10.8 Å². The van der Waals surface area contributed by atoms with E-state index in [9.17, 15) is 4.79 Å². The summed E-state index contributed by atoms with van der Waals surface area (Å²) in [6, 6.07) is 20.8. The Kier molecular flexibility index (Phi) is 3.55. The Morgan fingerprint density at radius 2 is 1.55 bits per heavy atom. The molecule has 2 heteroatoms. The van der Waals surface area contributed by atoms with Gasteiger partial charge in [-0.2, -0.15) is 0 Å². The van der Waals surface area contributed by atoms with E-state index in [0.717, 1.165) is 6.42 Å². The first-order chi connectivity index (χ1) is 9.81. The first kappa shape index (κ1) is 12.9. The molecule has 0 saturated carbocycles. The molecule has 0 N–H and O–H groups in total. The number of hydrogen-bond donors (Lipinski definition) is 0. The average molecular weight is 265 g/mol. The normalized spacial score (nSPS) is 21.6. The molecule has 3 rings (SSSR count). The molecule has 0 spiro atoms. The van der Waals surface area contributed by atoms with Crippen molar-refractivity contribution in [2.24, 2.45) is 5.92 Å². The summed E-state index contributed by atoms with van der Waals surface area (Å²) in [6.07, 6.45) is 0.906. The summed E-state index contributed by atoms with van der Waals surface area (Å²) in [5.74, 6) is 0.423. The van der Waals surface area contributed by atoms with E-state index in [2.05, 4.69) is 31.2 Å². The van der Waals surface area contributed by atoms with Crippen molar-refractivity contribution in [3.05, 3.63) is 71.8 Å². The van der Waals surface area contributed by atoms with Gasteiger partial charge in [0.05, 0.1) is 12.0 Å². The fourth-order valence-electron chi connectivity index (χ4n) is 3.04. The minimum absolute atomic E-state index is 0.140. The topological polar surface area (TPSA) is 20.3 Å². The molecule has 1 heterocycles. The number of benzene rings is 2. The van der Waals surface area contributed by atoms with E-state index < -0.39 is 0 Å². The van der Waals surface area contributed by atoms with Gasteiger partial charge in [0.15, 0.2) is 0 Å². The Hall–Kier alpha value is -2.09. The predicted molar refractivity (Wildman–Crippen MR) is 80.0 cm³/mol. The zero-order valence-corrected chi connectivity index (χ0v) is 11.7. The van der Waals surface area contributed by atoms with E-state index >= 15 is 0 Å². The lowest BCUT2D eigenvalue weighted by atomic mass is 9.80. The molecule has 2 atom stereocenters. The lowest BCUT2D eigenvalue weighted by molar-refractivity contribution is -0.158. The molecule has 1 saturated heterocycles. The Morgan fingerprint density at radius 3 is 2.15 bits per heavy atom. The molecule has 102 valence electrons. The van der Waals surface area contributed by atoms with Gasteiger partial charge < -0.3 is 4.90 Å². The van der Waals surface area contributed by atoms with Crippen LogP contribution >= 0.6 is 0 Å². The number of likely N-dealkylation sites (tertiary alicyclic amines) is 1. The van der Waals surface area contributed by atoms with Gasteiger partial charge in [-0.1, -0.05) is 67.6 Å². The van der Waals surface area contributed by atoms with E-state index in [4.69, 9.17) is 0 Å². The van der Waals surface area contributed by atoms with Crippen LogP contribution in [0, 0.1) is 5.92 Å². The van der Waals surface area contributed by atoms with Crippen molar-refractivity contribution in [1.82, 2.24) is 4.90 Å². The van der Waals surface area contributed by atoms with Gasteiger partial charge in [0.25, 0.3) is 0 Å². The van der Waals surface area contributed by atoms with E-state index in [1.807, 2.05) is 41.3 Å². The minimum Gasteiger partial charge on any atom is -0.330 e. The lowest BCUT2D eigenvalue weighted by Gasteiger charge is -2.47. The first-order valence-electron chi connectivity index (χ1n) is 7.20. The number of β-lactam (4-membered cyclic amide) rings is 1. The fourth-order valence-corrected chi connectivity index (χ4v) is 3.04. The summed E-state index contributed by atoms with van der Waals surface area (Å²) in [6.45, 7) is 2.80. The third kappa shape index (κ3) is 2.22. The zero-order chi connectivity index (χ0) is 13.9. The van der Waals surface area contributed by atoms with Crippen LogP contribution in [0.2, 0.25) is 0 Å². The molecule has 1 aliphatic rings. The Morgan fingerprint density at radius 1 is 0.950 bits per heavy atom. The van der Waals surface area contributed by atoms with Crippen LogP contribution in [0.3, 0.4) is 0 Å². The molecule has 0 radical (unpaired) electrons. The molecule has 1 fully saturated rings. The zero-order valence-electron chi connectivity index (χ0n) is 11.7. The molecule has 2 aromatic carbocycles. The quantitative estimate of drug-likeness (QED) is 0.770. The molecule has 1 aliphatic heterocycles. The number of carbonyl (C=O) groups is 1. The van der Waals surface area contributed by atoms with Crippen molar-refractivity contribution in [3.8, 4) is 0 Å². The second-order valence-corrected chi connectivity index (χ2v) is 5.32. The van der Waals surface area contributed by atoms with Crippen molar-refractivity contribution >= 4 is 5.91 Å². The van der Waals surface area contributed by atoms with E-state index in [1.165, 1.54) is 11.1 Å². The average Bonchev–Trinajstić information content (AvgIpc) is 2.51. The maximum atomic E-state index is 12.3. The van der Waals surface area contributed by atoms with E-state index in [0.29, 0.717) is 6.54 Å². The molecule has 2 aromatic rings. The lowest BCUT2D eigenvalue weighted by Crippen LogP contribution is -2.53. The van der Waals surface area contributed by atoms with Crippen molar-refractivity contribution < 1.29 is 4.79 Å². The van der Waals surface area contributed by atoms with Crippen LogP contribution < -0.4 is 0 Å².